The number of hydrogen-bond acceptors (Lipinski definition) is 4. The Hall–Kier alpha value is -1.23. The summed E-state index contributed by atoms with van der Waals surface area (Å²) >= 11 is 3.13. The van der Waals surface area contributed by atoms with Gasteiger partial charge in [0.2, 0.25) is 0 Å². The molecule has 0 spiro atoms. The Balaban J connectivity index is 4.64. The van der Waals surface area contributed by atoms with Crippen molar-refractivity contribution in [2.24, 2.45) is 4.99 Å². The molecule has 0 aliphatic carbocycles. The minimum Gasteiger partial charge on any atom is -0.461 e. The molecule has 0 atom stereocenters. The Labute approximate surface area is 97.4 Å². The topological polar surface area (TPSA) is 62.5 Å². The van der Waals surface area contributed by atoms with Gasteiger partial charge in [0.05, 0.1) is 12.3 Å². The third-order valence-corrected chi connectivity index (χ3v) is 1.66. The van der Waals surface area contributed by atoms with Gasteiger partial charge in [-0.15, -0.1) is 0 Å². The quantitative estimate of drug-likeness (QED) is 0.473. The third kappa shape index (κ3) is 5.27. The summed E-state index contributed by atoms with van der Waals surface area (Å²) < 4.78 is 5.32. The number of carbonyl (C=O) groups is 1. The summed E-state index contributed by atoms with van der Waals surface area (Å²) in [5.74, 6) is -0.678. The van der Waals surface area contributed by atoms with Crippen molar-refractivity contribution in [1.29, 1.82) is 5.41 Å². The summed E-state index contributed by atoms with van der Waals surface area (Å²) in [7, 11) is 1.50. The molecule has 0 radical (unpaired) electrons. The second-order valence-corrected chi connectivity index (χ2v) is 3.50. The summed E-state index contributed by atoms with van der Waals surface area (Å²) in [5, 5.41) is 7.50. The monoisotopic (exact) mass is 272 g/mol. The molecule has 0 aliphatic heterocycles. The predicted octanol–water partition coefficient (Wildman–Crippen LogP) is 2.10. The van der Waals surface area contributed by atoms with Gasteiger partial charge < -0.3 is 4.74 Å². The first-order chi connectivity index (χ1) is 7.02. The van der Waals surface area contributed by atoms with Crippen molar-refractivity contribution in [2.45, 2.75) is 6.92 Å². The number of allylic oxidation sites excluding steroid dienone is 3. The molecule has 0 aromatic heterocycles. The summed E-state index contributed by atoms with van der Waals surface area (Å²) in [6.07, 6.45) is 3.13. The number of halogens is 1. The minimum absolute atomic E-state index is 0.243. The number of esters is 1. The van der Waals surface area contributed by atoms with Crippen molar-refractivity contribution in [1.82, 2.24) is 0 Å². The molecule has 0 rings (SSSR count). The fourth-order valence-corrected chi connectivity index (χ4v) is 0.879. The van der Waals surface area contributed by atoms with Gasteiger partial charge in [0.1, 0.15) is 0 Å². The highest BCUT2D eigenvalue weighted by Crippen LogP contribution is 2.02. The Morgan fingerprint density at radius 3 is 2.60 bits per heavy atom. The minimum atomic E-state index is -0.678. The van der Waals surface area contributed by atoms with Crippen molar-refractivity contribution >= 4 is 33.3 Å². The molecule has 5 heteroatoms. The van der Waals surface area contributed by atoms with Crippen LogP contribution in [0.25, 0.3) is 0 Å². The van der Waals surface area contributed by atoms with Crippen LogP contribution < -0.4 is 0 Å². The number of ether oxygens (including phenoxy) is 1. The van der Waals surface area contributed by atoms with E-state index in [9.17, 15) is 4.79 Å². The van der Waals surface area contributed by atoms with Gasteiger partial charge in [-0.1, -0.05) is 22.5 Å². The Morgan fingerprint density at radius 1 is 1.60 bits per heavy atom. The maximum atomic E-state index is 11.2. The highest BCUT2D eigenvalue weighted by atomic mass is 79.9. The molecule has 15 heavy (non-hydrogen) atoms. The molecule has 0 aromatic carbocycles. The molecule has 82 valence electrons. The summed E-state index contributed by atoms with van der Waals surface area (Å²) in [4.78, 5) is 15.0. The normalized spacial score (nSPS) is 11.5. The van der Waals surface area contributed by atoms with Crippen LogP contribution in [-0.4, -0.2) is 31.0 Å². The molecule has 0 bridgehead atoms. The van der Waals surface area contributed by atoms with Gasteiger partial charge in [-0.05, 0) is 19.1 Å². The molecule has 0 aliphatic rings. The maximum Gasteiger partial charge on any atom is 0.358 e. The smallest absolute Gasteiger partial charge is 0.358 e. The molecule has 0 heterocycles. The zero-order valence-corrected chi connectivity index (χ0v) is 10.3. The molecular formula is C10H13BrN2O2. The van der Waals surface area contributed by atoms with Crippen LogP contribution in [0.15, 0.2) is 28.2 Å². The van der Waals surface area contributed by atoms with Crippen molar-refractivity contribution in [3.63, 3.8) is 0 Å². The zero-order chi connectivity index (χ0) is 11.8. The van der Waals surface area contributed by atoms with Crippen LogP contribution in [0.4, 0.5) is 0 Å². The molecule has 0 saturated carbocycles. The van der Waals surface area contributed by atoms with Crippen molar-refractivity contribution in [3.05, 3.63) is 23.2 Å². The van der Waals surface area contributed by atoms with E-state index in [2.05, 4.69) is 32.2 Å². The lowest BCUT2D eigenvalue weighted by Gasteiger charge is -2.02. The largest absolute Gasteiger partial charge is 0.461 e. The highest BCUT2D eigenvalue weighted by Gasteiger charge is 2.14. The van der Waals surface area contributed by atoms with Crippen LogP contribution in [0.5, 0.6) is 0 Å². The molecule has 0 amide bonds. The first kappa shape index (κ1) is 13.8. The average Bonchev–Trinajstić information content (AvgIpc) is 2.18. The molecule has 1 N–H and O–H groups in total. The first-order valence-electron chi connectivity index (χ1n) is 4.28. The second-order valence-electron chi connectivity index (χ2n) is 2.48. The molecule has 4 nitrogen and oxygen atoms in total. The lowest BCUT2D eigenvalue weighted by atomic mass is 10.2. The van der Waals surface area contributed by atoms with Gasteiger partial charge in [0.15, 0.2) is 5.71 Å². The molecular weight excluding hydrogens is 260 g/mol. The van der Waals surface area contributed by atoms with Crippen molar-refractivity contribution < 1.29 is 9.53 Å². The standard InChI is InChI=1S/C10H13BrN2O2/c1-4-15-10(14)9(12)8(13-3)6-5-7(2)11/h5-6,12H,2,4H2,1,3H3/b6-5-,12-9?,13-8+. The Kier molecular flexibility index (Phi) is 6.53. The van der Waals surface area contributed by atoms with Crippen LogP contribution in [0.3, 0.4) is 0 Å². The van der Waals surface area contributed by atoms with Gasteiger partial charge in [-0.25, -0.2) is 4.79 Å². The van der Waals surface area contributed by atoms with E-state index in [1.807, 2.05) is 0 Å². The fraction of sp³-hybridized carbons (Fsp3) is 0.300. The highest BCUT2D eigenvalue weighted by molar-refractivity contribution is 9.11. The van der Waals surface area contributed by atoms with E-state index >= 15 is 0 Å². The van der Waals surface area contributed by atoms with E-state index in [4.69, 9.17) is 5.41 Å². The van der Waals surface area contributed by atoms with Crippen LogP contribution in [0.1, 0.15) is 6.92 Å². The average molecular weight is 273 g/mol. The van der Waals surface area contributed by atoms with E-state index in [1.165, 1.54) is 13.1 Å². The second kappa shape index (κ2) is 7.11. The molecule has 0 aromatic rings. The summed E-state index contributed by atoms with van der Waals surface area (Å²) in [5.41, 5.74) is -0.00148. The number of nitrogens with one attached hydrogen (secondary N) is 1. The van der Waals surface area contributed by atoms with Gasteiger partial charge in [-0.3, -0.25) is 10.4 Å². The number of hydrogen-bond donors (Lipinski definition) is 1. The number of rotatable bonds is 5. The number of carbonyl (C=O) groups excluding carboxylic acids is 1. The van der Waals surface area contributed by atoms with Crippen LogP contribution in [0.2, 0.25) is 0 Å². The van der Waals surface area contributed by atoms with Crippen molar-refractivity contribution in [3.8, 4) is 0 Å². The van der Waals surface area contributed by atoms with Gasteiger partial charge in [0.25, 0.3) is 0 Å². The van der Waals surface area contributed by atoms with E-state index in [-0.39, 0.29) is 18.0 Å². The summed E-state index contributed by atoms with van der Waals surface area (Å²) in [6.45, 7) is 5.52. The number of aliphatic imine (C=N–C) groups is 1. The van der Waals surface area contributed by atoms with Crippen molar-refractivity contribution in [2.75, 3.05) is 13.7 Å². The van der Waals surface area contributed by atoms with E-state index in [1.54, 1.807) is 13.0 Å². The number of nitrogens with zero attached hydrogens (tertiary/aromatic N) is 1. The van der Waals surface area contributed by atoms with Gasteiger partial charge >= 0.3 is 5.97 Å². The Morgan fingerprint density at radius 2 is 2.20 bits per heavy atom. The van der Waals surface area contributed by atoms with Gasteiger partial charge in [-0.2, -0.15) is 0 Å². The SMILES string of the molecule is C=C(Br)/C=C\C(=N/C)C(=N)C(=O)OCC. The van der Waals surface area contributed by atoms with E-state index in [0.717, 1.165) is 0 Å². The lowest BCUT2D eigenvalue weighted by Crippen LogP contribution is -2.24. The van der Waals surface area contributed by atoms with E-state index < -0.39 is 5.97 Å². The predicted molar refractivity (Wildman–Crippen MR) is 64.9 cm³/mol. The van der Waals surface area contributed by atoms with Crippen LogP contribution >= 0.6 is 15.9 Å². The van der Waals surface area contributed by atoms with Crippen LogP contribution in [-0.2, 0) is 9.53 Å². The van der Waals surface area contributed by atoms with E-state index in [0.29, 0.717) is 4.48 Å². The summed E-state index contributed by atoms with van der Waals surface area (Å²) in [6, 6.07) is 0. The van der Waals surface area contributed by atoms with Crippen LogP contribution in [0, 0.1) is 5.41 Å². The zero-order valence-electron chi connectivity index (χ0n) is 8.71. The van der Waals surface area contributed by atoms with Gasteiger partial charge in [0, 0.05) is 11.5 Å². The third-order valence-electron chi connectivity index (χ3n) is 1.40. The first-order valence-corrected chi connectivity index (χ1v) is 5.07. The maximum absolute atomic E-state index is 11.2. The molecule has 0 saturated heterocycles. The lowest BCUT2D eigenvalue weighted by molar-refractivity contribution is -0.134. The molecule has 0 fully saturated rings. The Bertz CT molecular complexity index is 332. The fourth-order valence-electron chi connectivity index (χ4n) is 0.747. The molecule has 0 unspecified atom stereocenters.